The summed E-state index contributed by atoms with van der Waals surface area (Å²) in [6.45, 7) is 0. The fourth-order valence-corrected chi connectivity index (χ4v) is 1.77. The standard InChI is InChI=1S/2C5H10.Co.F6P/c2*1-2-4-5-3-1;;1-7(2,3,4,5)6/h2*1-5H2;;/q;;;-1. The molecule has 0 N–H and O–H groups in total. The molecule has 0 aromatic carbocycles. The van der Waals surface area contributed by atoms with Crippen LogP contribution in [0.3, 0.4) is 0 Å². The van der Waals surface area contributed by atoms with Gasteiger partial charge in [-0.05, 0) is 0 Å². The van der Waals surface area contributed by atoms with Gasteiger partial charge in [-0.15, -0.1) is 0 Å². The molecule has 8 heteroatoms. The Morgan fingerprint density at radius 2 is 0.444 bits per heavy atom. The normalized spacial score (nSPS) is 22.3. The van der Waals surface area contributed by atoms with Gasteiger partial charge in [0.1, 0.15) is 0 Å². The van der Waals surface area contributed by atoms with Crippen LogP contribution >= 0.6 is 7.81 Å². The Morgan fingerprint density at radius 3 is 0.500 bits per heavy atom. The number of halogens is 6. The third kappa shape index (κ3) is 36.0. The molecule has 18 heavy (non-hydrogen) atoms. The zero-order chi connectivity index (χ0) is 13.5. The molecular weight excluding hydrogens is 324 g/mol. The van der Waals surface area contributed by atoms with E-state index in [2.05, 4.69) is 0 Å². The van der Waals surface area contributed by atoms with E-state index in [1.165, 1.54) is 64.2 Å². The van der Waals surface area contributed by atoms with Crippen LogP contribution in [0.15, 0.2) is 0 Å². The Labute approximate surface area is 114 Å². The summed E-state index contributed by atoms with van der Waals surface area (Å²) >= 11 is 0. The Hall–Kier alpha value is 0.516. The average Bonchev–Trinajstić information content (AvgIpc) is 2.78. The molecule has 0 aromatic heterocycles. The quantitative estimate of drug-likeness (QED) is 0.320. The van der Waals surface area contributed by atoms with E-state index in [1.54, 1.807) is 0 Å². The molecule has 2 aliphatic rings. The van der Waals surface area contributed by atoms with Crippen LogP contribution < -0.4 is 0 Å². The zero-order valence-electron chi connectivity index (χ0n) is 10.1. The summed E-state index contributed by atoms with van der Waals surface area (Å²) in [5, 5.41) is 0. The molecule has 2 fully saturated rings. The van der Waals surface area contributed by atoms with E-state index in [-0.39, 0.29) is 16.8 Å². The topological polar surface area (TPSA) is 0 Å². The van der Waals surface area contributed by atoms with Crippen LogP contribution in [-0.4, -0.2) is 0 Å². The molecule has 0 atom stereocenters. The predicted molar refractivity (Wildman–Crippen MR) is 59.7 cm³/mol. The van der Waals surface area contributed by atoms with Gasteiger partial charge in [0.05, 0.1) is 0 Å². The number of rotatable bonds is 0. The van der Waals surface area contributed by atoms with E-state index in [9.17, 15) is 25.2 Å². The molecule has 0 spiro atoms. The molecule has 2 aliphatic carbocycles. The number of hydrogen-bond donors (Lipinski definition) is 0. The summed E-state index contributed by atoms with van der Waals surface area (Å²) in [6.07, 6.45) is 15.0. The average molecular weight is 344 g/mol. The van der Waals surface area contributed by atoms with Crippen LogP contribution in [0.4, 0.5) is 25.2 Å². The molecule has 117 valence electrons. The van der Waals surface area contributed by atoms with Crippen molar-refractivity contribution in [2.24, 2.45) is 0 Å². The minimum absolute atomic E-state index is 0. The van der Waals surface area contributed by atoms with Gasteiger partial charge in [-0.1, -0.05) is 64.2 Å². The van der Waals surface area contributed by atoms with Gasteiger partial charge in [-0.25, -0.2) is 0 Å². The molecule has 0 amide bonds. The Kier molecular flexibility index (Phi) is 8.49. The van der Waals surface area contributed by atoms with Crippen molar-refractivity contribution in [2.75, 3.05) is 0 Å². The van der Waals surface area contributed by atoms with Crippen molar-refractivity contribution < 1.29 is 42.0 Å². The maximum atomic E-state index is 9.87. The second kappa shape index (κ2) is 7.34. The molecular formula is C10H20CoF6P-. The summed E-state index contributed by atoms with van der Waals surface area (Å²) in [7, 11) is -10.7. The van der Waals surface area contributed by atoms with Crippen LogP contribution in [0.25, 0.3) is 0 Å². The van der Waals surface area contributed by atoms with E-state index in [1.807, 2.05) is 0 Å². The molecule has 2 saturated carbocycles. The summed E-state index contributed by atoms with van der Waals surface area (Å²) in [5.74, 6) is 0. The van der Waals surface area contributed by atoms with Crippen LogP contribution in [0.5, 0.6) is 0 Å². The predicted octanol–water partition coefficient (Wildman–Crippen LogP) is 7.28. The first kappa shape index (κ1) is 20.8. The van der Waals surface area contributed by atoms with E-state index >= 15 is 0 Å². The SMILES string of the molecule is C1CCCC1.C1CCCC1.F[P-](F)(F)(F)(F)F.[Co]. The Bertz CT molecular complexity index is 167. The van der Waals surface area contributed by atoms with Gasteiger partial charge in [0.15, 0.2) is 0 Å². The van der Waals surface area contributed by atoms with Gasteiger partial charge >= 0.3 is 33.0 Å². The van der Waals surface area contributed by atoms with Crippen molar-refractivity contribution in [2.45, 2.75) is 64.2 Å². The second-order valence-corrected chi connectivity index (χ2v) is 6.41. The zero-order valence-corrected chi connectivity index (χ0v) is 12.1. The van der Waals surface area contributed by atoms with Crippen LogP contribution in [0.2, 0.25) is 0 Å². The van der Waals surface area contributed by atoms with E-state index in [4.69, 9.17) is 0 Å². The summed E-state index contributed by atoms with van der Waals surface area (Å²) in [5.41, 5.74) is 0. The largest absolute Gasteiger partial charge is 0 e. The molecule has 0 bridgehead atoms. The summed E-state index contributed by atoms with van der Waals surface area (Å²) in [6, 6.07) is 0. The fourth-order valence-electron chi connectivity index (χ4n) is 1.77. The minimum atomic E-state index is -10.7. The van der Waals surface area contributed by atoms with Gasteiger partial charge in [0.25, 0.3) is 0 Å². The van der Waals surface area contributed by atoms with E-state index < -0.39 is 7.81 Å². The van der Waals surface area contributed by atoms with E-state index in [0.717, 1.165) is 0 Å². The summed E-state index contributed by atoms with van der Waals surface area (Å²) in [4.78, 5) is 0. The molecule has 0 unspecified atom stereocenters. The molecule has 2 rings (SSSR count). The van der Waals surface area contributed by atoms with Gasteiger partial charge in [-0.3, -0.25) is 0 Å². The molecule has 0 saturated heterocycles. The first-order valence-electron chi connectivity index (χ1n) is 6.01. The van der Waals surface area contributed by atoms with Crippen molar-refractivity contribution in [1.82, 2.24) is 0 Å². The first-order valence-corrected chi connectivity index (χ1v) is 8.04. The monoisotopic (exact) mass is 344 g/mol. The van der Waals surface area contributed by atoms with Crippen LogP contribution in [0.1, 0.15) is 64.2 Å². The smallest absolute Gasteiger partial charge is 0 e. The van der Waals surface area contributed by atoms with Gasteiger partial charge < -0.3 is 0 Å². The molecule has 0 aliphatic heterocycles. The maximum Gasteiger partial charge on any atom is 0 e. The Balaban J connectivity index is 0. The fraction of sp³-hybridized carbons (Fsp3) is 1.00. The van der Waals surface area contributed by atoms with E-state index in [0.29, 0.717) is 0 Å². The minimum Gasteiger partial charge on any atom is 0 e. The van der Waals surface area contributed by atoms with Crippen molar-refractivity contribution in [3.05, 3.63) is 0 Å². The third-order valence-electron chi connectivity index (χ3n) is 2.50. The first-order chi connectivity index (χ1) is 7.45. The van der Waals surface area contributed by atoms with Crippen molar-refractivity contribution in [3.63, 3.8) is 0 Å². The van der Waals surface area contributed by atoms with Crippen molar-refractivity contribution in [3.8, 4) is 0 Å². The maximum absolute atomic E-state index is 10.7. The van der Waals surface area contributed by atoms with Crippen molar-refractivity contribution >= 4 is 7.81 Å². The Morgan fingerprint density at radius 1 is 0.389 bits per heavy atom. The summed E-state index contributed by atoms with van der Waals surface area (Å²) < 4.78 is 59.2. The van der Waals surface area contributed by atoms with Gasteiger partial charge in [0, 0.05) is 16.8 Å². The van der Waals surface area contributed by atoms with Crippen molar-refractivity contribution in [1.29, 1.82) is 0 Å². The molecule has 0 nitrogen and oxygen atoms in total. The van der Waals surface area contributed by atoms with Crippen LogP contribution in [0, 0.1) is 0 Å². The van der Waals surface area contributed by atoms with Gasteiger partial charge in [-0.2, -0.15) is 0 Å². The second-order valence-electron chi connectivity index (χ2n) is 4.49. The molecule has 0 heterocycles. The van der Waals surface area contributed by atoms with Crippen LogP contribution in [-0.2, 0) is 16.8 Å². The number of hydrogen-bond acceptors (Lipinski definition) is 0. The molecule has 0 aromatic rings. The van der Waals surface area contributed by atoms with Gasteiger partial charge in [0.2, 0.25) is 0 Å². The molecule has 1 radical (unpaired) electrons. The third-order valence-corrected chi connectivity index (χ3v) is 2.50.